The van der Waals surface area contributed by atoms with E-state index < -0.39 is 0 Å². The van der Waals surface area contributed by atoms with Crippen LogP contribution in [0.1, 0.15) is 54.6 Å². The summed E-state index contributed by atoms with van der Waals surface area (Å²) in [4.78, 5) is 29.3. The maximum Gasteiger partial charge on any atom is 0.258 e. The largest absolute Gasteiger partial charge is 0.484 e. The number of pyridine rings is 1. The van der Waals surface area contributed by atoms with Crippen LogP contribution in [0, 0.1) is 0 Å². The summed E-state index contributed by atoms with van der Waals surface area (Å²) in [7, 11) is 0. The summed E-state index contributed by atoms with van der Waals surface area (Å²) in [6.07, 6.45) is 4.21. The Bertz CT molecular complexity index is 1170. The van der Waals surface area contributed by atoms with Crippen LogP contribution in [0.2, 0.25) is 0 Å². The molecule has 0 radical (unpaired) electrons. The van der Waals surface area contributed by atoms with Gasteiger partial charge in [0.1, 0.15) is 11.6 Å². The Hall–Kier alpha value is -3.61. The number of fused-ring (bicyclic) bond motifs is 1. The fraction of sp³-hybridized carbons (Fsp3) is 0.346. The molecule has 5 rings (SSSR count). The number of carbonyl (C=O) groups excluding carboxylic acids is 2. The van der Waals surface area contributed by atoms with Gasteiger partial charge in [0.2, 0.25) is 0 Å². The van der Waals surface area contributed by atoms with E-state index in [-0.39, 0.29) is 24.5 Å². The standard InChI is InChI=1S/C26H28N4O3/c1-16(17-6-12-20(13-7-17)33-15-25(31)28-18-8-9-18)27-24-14-22(26(32)29-19-10-11-19)21-4-2-3-5-23(21)30-24/h2-7,12-14,16,18-19H,8-11,15H2,1H3,(H,27,30)(H,28,31)(H,29,32). The van der Waals surface area contributed by atoms with Gasteiger partial charge in [0, 0.05) is 23.5 Å². The molecular weight excluding hydrogens is 416 g/mol. The molecule has 7 heteroatoms. The number of aromatic nitrogens is 1. The van der Waals surface area contributed by atoms with Crippen molar-refractivity contribution in [3.63, 3.8) is 0 Å². The Kier molecular flexibility index (Phi) is 5.86. The van der Waals surface area contributed by atoms with Gasteiger partial charge in [-0.3, -0.25) is 9.59 Å². The summed E-state index contributed by atoms with van der Waals surface area (Å²) in [6.45, 7) is 2.07. The molecule has 3 aromatic rings. The summed E-state index contributed by atoms with van der Waals surface area (Å²) in [6, 6.07) is 17.8. The van der Waals surface area contributed by atoms with Gasteiger partial charge in [-0.1, -0.05) is 30.3 Å². The molecule has 7 nitrogen and oxygen atoms in total. The molecular formula is C26H28N4O3. The number of amides is 2. The summed E-state index contributed by atoms with van der Waals surface area (Å²) in [5.74, 6) is 1.17. The molecule has 2 aliphatic carbocycles. The second-order valence-corrected chi connectivity index (χ2v) is 8.89. The summed E-state index contributed by atoms with van der Waals surface area (Å²) in [5, 5.41) is 10.3. The summed E-state index contributed by atoms with van der Waals surface area (Å²) < 4.78 is 5.59. The van der Waals surface area contributed by atoms with Crippen molar-refractivity contribution in [1.82, 2.24) is 15.6 Å². The molecule has 2 amide bonds. The fourth-order valence-corrected chi connectivity index (χ4v) is 3.73. The van der Waals surface area contributed by atoms with E-state index >= 15 is 0 Å². The smallest absolute Gasteiger partial charge is 0.258 e. The van der Waals surface area contributed by atoms with E-state index in [4.69, 9.17) is 9.72 Å². The minimum Gasteiger partial charge on any atom is -0.484 e. The third kappa shape index (κ3) is 5.42. The average molecular weight is 445 g/mol. The van der Waals surface area contributed by atoms with Crippen LogP contribution in [0.15, 0.2) is 54.6 Å². The Morgan fingerprint density at radius 1 is 1.00 bits per heavy atom. The van der Waals surface area contributed by atoms with Crippen LogP contribution in [-0.4, -0.2) is 35.5 Å². The normalized spacial score (nSPS) is 16.2. The van der Waals surface area contributed by atoms with E-state index in [2.05, 4.69) is 16.0 Å². The number of hydrogen-bond acceptors (Lipinski definition) is 5. The number of ether oxygens (including phenoxy) is 1. The van der Waals surface area contributed by atoms with Gasteiger partial charge in [-0.25, -0.2) is 4.98 Å². The second-order valence-electron chi connectivity index (χ2n) is 8.89. The van der Waals surface area contributed by atoms with Gasteiger partial charge in [-0.2, -0.15) is 0 Å². The third-order valence-electron chi connectivity index (χ3n) is 5.93. The van der Waals surface area contributed by atoms with Gasteiger partial charge < -0.3 is 20.7 Å². The predicted octanol–water partition coefficient (Wildman–Crippen LogP) is 3.96. The minimum atomic E-state index is -0.0829. The zero-order valence-electron chi connectivity index (χ0n) is 18.6. The Morgan fingerprint density at radius 2 is 1.70 bits per heavy atom. The number of nitrogens with zero attached hydrogens (tertiary/aromatic N) is 1. The number of benzene rings is 2. The maximum absolute atomic E-state index is 12.8. The van der Waals surface area contributed by atoms with Crippen molar-refractivity contribution < 1.29 is 14.3 Å². The van der Waals surface area contributed by atoms with E-state index in [1.165, 1.54) is 0 Å². The molecule has 3 N–H and O–H groups in total. The number of nitrogens with one attached hydrogen (secondary N) is 3. The van der Waals surface area contributed by atoms with Crippen LogP contribution in [0.4, 0.5) is 5.82 Å². The molecule has 2 aliphatic rings. The highest BCUT2D eigenvalue weighted by atomic mass is 16.5. The minimum absolute atomic E-state index is 0.0242. The fourth-order valence-electron chi connectivity index (χ4n) is 3.73. The van der Waals surface area contributed by atoms with Crippen molar-refractivity contribution in [3.05, 3.63) is 65.7 Å². The highest BCUT2D eigenvalue weighted by Crippen LogP contribution is 2.26. The van der Waals surface area contributed by atoms with Crippen molar-refractivity contribution in [2.45, 2.75) is 50.7 Å². The van der Waals surface area contributed by atoms with E-state index in [0.717, 1.165) is 42.1 Å². The lowest BCUT2D eigenvalue weighted by molar-refractivity contribution is -0.123. The number of hydrogen-bond donors (Lipinski definition) is 3. The molecule has 0 saturated heterocycles. The lowest BCUT2D eigenvalue weighted by Gasteiger charge is -2.17. The predicted molar refractivity (Wildman–Crippen MR) is 127 cm³/mol. The quantitative estimate of drug-likeness (QED) is 0.465. The van der Waals surface area contributed by atoms with Crippen molar-refractivity contribution in [2.24, 2.45) is 0 Å². The Labute approximate surface area is 192 Å². The van der Waals surface area contributed by atoms with Crippen LogP contribution in [0.25, 0.3) is 10.9 Å². The Balaban J connectivity index is 1.26. The van der Waals surface area contributed by atoms with Crippen LogP contribution in [0.5, 0.6) is 5.75 Å². The number of carbonyl (C=O) groups is 2. The van der Waals surface area contributed by atoms with Crippen LogP contribution in [0.3, 0.4) is 0 Å². The first-order valence-corrected chi connectivity index (χ1v) is 11.5. The molecule has 170 valence electrons. The zero-order chi connectivity index (χ0) is 22.8. The zero-order valence-corrected chi connectivity index (χ0v) is 18.6. The van der Waals surface area contributed by atoms with Crippen molar-refractivity contribution >= 4 is 28.5 Å². The molecule has 0 spiro atoms. The van der Waals surface area contributed by atoms with Crippen LogP contribution >= 0.6 is 0 Å². The van der Waals surface area contributed by atoms with Gasteiger partial charge in [-0.05, 0) is 62.4 Å². The van der Waals surface area contributed by atoms with Gasteiger partial charge in [-0.15, -0.1) is 0 Å². The van der Waals surface area contributed by atoms with E-state index in [9.17, 15) is 9.59 Å². The molecule has 2 saturated carbocycles. The second kappa shape index (κ2) is 9.10. The van der Waals surface area contributed by atoms with Gasteiger partial charge in [0.25, 0.3) is 11.8 Å². The van der Waals surface area contributed by atoms with Gasteiger partial charge >= 0.3 is 0 Å². The molecule has 1 atom stereocenters. The molecule has 2 fully saturated rings. The molecule has 1 unspecified atom stereocenters. The molecule has 1 aromatic heterocycles. The average Bonchev–Trinajstić information content (AvgIpc) is 3.75. The third-order valence-corrected chi connectivity index (χ3v) is 5.93. The SMILES string of the molecule is CC(Nc1cc(C(=O)NC2CC2)c2ccccc2n1)c1ccc(OCC(=O)NC2CC2)cc1. The van der Waals surface area contributed by atoms with Crippen molar-refractivity contribution in [3.8, 4) is 5.75 Å². The highest BCUT2D eigenvalue weighted by Gasteiger charge is 2.25. The van der Waals surface area contributed by atoms with E-state index in [1.54, 1.807) is 0 Å². The summed E-state index contributed by atoms with van der Waals surface area (Å²) in [5.41, 5.74) is 2.46. The topological polar surface area (TPSA) is 92.3 Å². The number of rotatable bonds is 9. The van der Waals surface area contributed by atoms with Crippen LogP contribution < -0.4 is 20.7 Å². The number of anilines is 1. The molecule has 1 heterocycles. The number of para-hydroxylation sites is 1. The van der Waals surface area contributed by atoms with Crippen LogP contribution in [-0.2, 0) is 4.79 Å². The van der Waals surface area contributed by atoms with E-state index in [0.29, 0.717) is 29.2 Å². The monoisotopic (exact) mass is 444 g/mol. The first-order chi connectivity index (χ1) is 16.0. The van der Waals surface area contributed by atoms with Crippen molar-refractivity contribution in [1.29, 1.82) is 0 Å². The van der Waals surface area contributed by atoms with Gasteiger partial charge in [0.05, 0.1) is 11.1 Å². The lowest BCUT2D eigenvalue weighted by Crippen LogP contribution is -2.30. The maximum atomic E-state index is 12.8. The first-order valence-electron chi connectivity index (χ1n) is 11.5. The van der Waals surface area contributed by atoms with Crippen molar-refractivity contribution in [2.75, 3.05) is 11.9 Å². The summed E-state index contributed by atoms with van der Waals surface area (Å²) >= 11 is 0. The molecule has 0 aliphatic heterocycles. The lowest BCUT2D eigenvalue weighted by atomic mass is 10.1. The first kappa shape index (κ1) is 21.2. The van der Waals surface area contributed by atoms with E-state index in [1.807, 2.05) is 61.5 Å². The Morgan fingerprint density at radius 3 is 2.42 bits per heavy atom. The highest BCUT2D eigenvalue weighted by molar-refractivity contribution is 6.07. The van der Waals surface area contributed by atoms with Gasteiger partial charge in [0.15, 0.2) is 6.61 Å². The molecule has 33 heavy (non-hydrogen) atoms. The molecule has 2 aromatic carbocycles. The molecule has 0 bridgehead atoms.